The molecule has 0 aliphatic heterocycles. The highest BCUT2D eigenvalue weighted by molar-refractivity contribution is 5.98. The lowest BCUT2D eigenvalue weighted by molar-refractivity contribution is 0.0882. The summed E-state index contributed by atoms with van der Waals surface area (Å²) in [6.45, 7) is 6.34. The summed E-state index contributed by atoms with van der Waals surface area (Å²) in [4.78, 5) is 26.2. The Morgan fingerprint density at radius 1 is 0.818 bits per heavy atom. The second-order valence-corrected chi connectivity index (χ2v) is 7.77. The zero-order valence-corrected chi connectivity index (χ0v) is 19.5. The zero-order chi connectivity index (χ0) is 23.8. The normalized spacial score (nSPS) is 10.6. The van der Waals surface area contributed by atoms with Crippen LogP contribution in [0.3, 0.4) is 0 Å². The van der Waals surface area contributed by atoms with Gasteiger partial charge in [0.05, 0.1) is 13.7 Å². The molecule has 0 heterocycles. The van der Waals surface area contributed by atoms with Crippen molar-refractivity contribution in [3.8, 4) is 11.5 Å². The van der Waals surface area contributed by atoms with E-state index in [0.29, 0.717) is 34.8 Å². The van der Waals surface area contributed by atoms with Gasteiger partial charge in [-0.2, -0.15) is 0 Å². The van der Waals surface area contributed by atoms with Gasteiger partial charge in [-0.05, 0) is 61.2 Å². The minimum atomic E-state index is -0.779. The van der Waals surface area contributed by atoms with Gasteiger partial charge in [0.1, 0.15) is 6.17 Å². The fraction of sp³-hybridized carbons (Fsp3) is 0.259. The van der Waals surface area contributed by atoms with E-state index in [4.69, 9.17) is 9.47 Å². The van der Waals surface area contributed by atoms with Crippen LogP contribution in [0.25, 0.3) is 0 Å². The van der Waals surface area contributed by atoms with Crippen LogP contribution in [-0.2, 0) is 0 Å². The van der Waals surface area contributed by atoms with Crippen molar-refractivity contribution in [1.82, 2.24) is 10.6 Å². The quantitative estimate of drug-likeness (QED) is 0.456. The summed E-state index contributed by atoms with van der Waals surface area (Å²) in [5.74, 6) is 0.570. The Morgan fingerprint density at radius 2 is 1.36 bits per heavy atom. The molecule has 3 aromatic carbocycles. The van der Waals surface area contributed by atoms with Crippen molar-refractivity contribution in [2.45, 2.75) is 33.4 Å². The van der Waals surface area contributed by atoms with Crippen LogP contribution in [0.1, 0.15) is 56.9 Å². The van der Waals surface area contributed by atoms with Gasteiger partial charge in [-0.15, -0.1) is 0 Å². The Morgan fingerprint density at radius 3 is 1.85 bits per heavy atom. The zero-order valence-electron chi connectivity index (χ0n) is 19.5. The highest BCUT2D eigenvalue weighted by atomic mass is 16.5. The van der Waals surface area contributed by atoms with E-state index in [9.17, 15) is 9.59 Å². The Hall–Kier alpha value is -3.80. The number of hydrogen-bond donors (Lipinski definition) is 2. The lowest BCUT2D eigenvalue weighted by Gasteiger charge is -2.23. The molecular weight excluding hydrogens is 416 g/mol. The van der Waals surface area contributed by atoms with Crippen LogP contribution >= 0.6 is 0 Å². The number of amides is 2. The van der Waals surface area contributed by atoms with Gasteiger partial charge in [-0.25, -0.2) is 0 Å². The van der Waals surface area contributed by atoms with Crippen molar-refractivity contribution in [2.75, 3.05) is 13.7 Å². The molecule has 33 heavy (non-hydrogen) atoms. The average Bonchev–Trinajstić information content (AvgIpc) is 2.82. The maximum Gasteiger partial charge on any atom is 0.253 e. The molecule has 0 radical (unpaired) electrons. The first-order valence-electron chi connectivity index (χ1n) is 11.0. The topological polar surface area (TPSA) is 76.7 Å². The number of nitrogens with one attached hydrogen (secondary N) is 2. The number of benzene rings is 3. The van der Waals surface area contributed by atoms with Gasteiger partial charge in [0.15, 0.2) is 11.5 Å². The van der Waals surface area contributed by atoms with Gasteiger partial charge in [-0.3, -0.25) is 9.59 Å². The van der Waals surface area contributed by atoms with Crippen molar-refractivity contribution >= 4 is 11.8 Å². The van der Waals surface area contributed by atoms with Crippen LogP contribution < -0.4 is 20.1 Å². The first-order valence-corrected chi connectivity index (χ1v) is 11.0. The second kappa shape index (κ2) is 11.2. The number of carbonyl (C=O) groups is 2. The van der Waals surface area contributed by atoms with Gasteiger partial charge in [-0.1, -0.05) is 49.4 Å². The molecule has 3 aromatic rings. The van der Waals surface area contributed by atoms with Crippen LogP contribution in [0, 0.1) is 13.8 Å². The van der Waals surface area contributed by atoms with Crippen LogP contribution in [0.2, 0.25) is 0 Å². The Labute approximate surface area is 194 Å². The predicted molar refractivity (Wildman–Crippen MR) is 129 cm³/mol. The molecule has 0 saturated carbocycles. The van der Waals surface area contributed by atoms with Crippen molar-refractivity contribution in [1.29, 1.82) is 0 Å². The van der Waals surface area contributed by atoms with Gasteiger partial charge >= 0.3 is 0 Å². The number of hydrogen-bond acceptors (Lipinski definition) is 4. The predicted octanol–water partition coefficient (Wildman–Crippen LogP) is 4.96. The number of rotatable bonds is 9. The Kier molecular flexibility index (Phi) is 8.08. The molecule has 0 fully saturated rings. The molecule has 2 N–H and O–H groups in total. The first kappa shape index (κ1) is 23.9. The lowest BCUT2D eigenvalue weighted by Crippen LogP contribution is -2.41. The van der Waals surface area contributed by atoms with E-state index in [0.717, 1.165) is 17.5 Å². The summed E-state index contributed by atoms with van der Waals surface area (Å²) in [5.41, 5.74) is 3.45. The summed E-state index contributed by atoms with van der Waals surface area (Å²) in [6, 6.07) is 20.0. The van der Waals surface area contributed by atoms with Gasteiger partial charge < -0.3 is 20.1 Å². The second-order valence-electron chi connectivity index (χ2n) is 7.77. The minimum Gasteiger partial charge on any atom is -0.493 e. The third-order valence-electron chi connectivity index (χ3n) is 5.31. The number of carbonyl (C=O) groups excluding carboxylic acids is 2. The maximum absolute atomic E-state index is 13.1. The largest absolute Gasteiger partial charge is 0.493 e. The minimum absolute atomic E-state index is 0.284. The van der Waals surface area contributed by atoms with Crippen molar-refractivity contribution in [3.63, 3.8) is 0 Å². The molecule has 0 unspecified atom stereocenters. The van der Waals surface area contributed by atoms with E-state index in [-0.39, 0.29) is 11.8 Å². The highest BCUT2D eigenvalue weighted by Crippen LogP contribution is 2.30. The van der Waals surface area contributed by atoms with E-state index in [2.05, 4.69) is 10.6 Å². The maximum atomic E-state index is 13.1. The highest BCUT2D eigenvalue weighted by Gasteiger charge is 2.22. The molecule has 2 amide bonds. The molecular formula is C27H30N2O4. The summed E-state index contributed by atoms with van der Waals surface area (Å²) < 4.78 is 11.2. The molecule has 3 rings (SSSR count). The SMILES string of the molecule is CCCOc1ccc(C(NC(=O)c2ccccc2C)NC(=O)c2ccccc2C)cc1OC. The molecule has 0 atom stereocenters. The molecule has 0 aliphatic rings. The number of ether oxygens (including phenoxy) is 2. The summed E-state index contributed by atoms with van der Waals surface area (Å²) in [5, 5.41) is 5.91. The van der Waals surface area contributed by atoms with Gasteiger partial charge in [0.2, 0.25) is 0 Å². The Balaban J connectivity index is 1.94. The van der Waals surface area contributed by atoms with Crippen molar-refractivity contribution in [2.24, 2.45) is 0 Å². The third-order valence-corrected chi connectivity index (χ3v) is 5.31. The monoisotopic (exact) mass is 446 g/mol. The fourth-order valence-corrected chi connectivity index (χ4v) is 3.47. The number of aryl methyl sites for hydroxylation is 2. The smallest absolute Gasteiger partial charge is 0.253 e. The molecule has 0 saturated heterocycles. The van der Waals surface area contributed by atoms with Crippen molar-refractivity contribution < 1.29 is 19.1 Å². The van der Waals surface area contributed by atoms with Crippen molar-refractivity contribution in [3.05, 3.63) is 94.5 Å². The van der Waals surface area contributed by atoms with Crippen LogP contribution in [0.15, 0.2) is 66.7 Å². The summed E-state index contributed by atoms with van der Waals surface area (Å²) >= 11 is 0. The van der Waals surface area contributed by atoms with Crippen LogP contribution in [-0.4, -0.2) is 25.5 Å². The molecule has 0 aromatic heterocycles. The van der Waals surface area contributed by atoms with Gasteiger partial charge in [0.25, 0.3) is 11.8 Å². The molecule has 0 spiro atoms. The van der Waals surface area contributed by atoms with E-state index in [1.54, 1.807) is 31.4 Å². The summed E-state index contributed by atoms with van der Waals surface area (Å²) in [6.07, 6.45) is 0.0882. The molecule has 6 heteroatoms. The van der Waals surface area contributed by atoms with E-state index >= 15 is 0 Å². The summed E-state index contributed by atoms with van der Waals surface area (Å²) in [7, 11) is 1.56. The average molecular weight is 447 g/mol. The standard InChI is InChI=1S/C27H30N2O4/c1-5-16-33-23-15-14-20(17-24(23)32-4)25(28-26(30)21-12-8-6-10-18(21)2)29-27(31)22-13-9-7-11-19(22)3/h6-15,17,25H,5,16H2,1-4H3,(H,28,30)(H,29,31). The van der Waals surface area contributed by atoms with E-state index < -0.39 is 6.17 Å². The molecule has 172 valence electrons. The third kappa shape index (κ3) is 5.92. The molecule has 0 bridgehead atoms. The van der Waals surface area contributed by atoms with Crippen LogP contribution in [0.4, 0.5) is 0 Å². The first-order chi connectivity index (χ1) is 15.9. The van der Waals surface area contributed by atoms with E-state index in [1.165, 1.54) is 0 Å². The number of methoxy groups -OCH3 is 1. The lowest BCUT2D eigenvalue weighted by atomic mass is 10.1. The van der Waals surface area contributed by atoms with Crippen LogP contribution in [0.5, 0.6) is 11.5 Å². The van der Waals surface area contributed by atoms with Gasteiger partial charge in [0, 0.05) is 11.1 Å². The molecule has 6 nitrogen and oxygen atoms in total. The fourth-order valence-electron chi connectivity index (χ4n) is 3.47. The van der Waals surface area contributed by atoms with E-state index in [1.807, 2.05) is 63.2 Å². The Bertz CT molecular complexity index is 1070. The molecule has 0 aliphatic carbocycles.